The van der Waals surface area contributed by atoms with Gasteiger partial charge < -0.3 is 29.3 Å². The first-order chi connectivity index (χ1) is 21.6. The Bertz CT molecular complexity index is 1640. The predicted octanol–water partition coefficient (Wildman–Crippen LogP) is 4.69. The molecule has 1 atom stereocenters. The molecule has 0 unspecified atom stereocenters. The van der Waals surface area contributed by atoms with Gasteiger partial charge in [-0.25, -0.2) is 4.79 Å². The Kier molecular flexibility index (Phi) is 9.03. The molecular weight excluding hydrogens is 556 g/mol. The van der Waals surface area contributed by atoms with Crippen molar-refractivity contribution in [1.82, 2.24) is 14.9 Å². The second-order valence-corrected chi connectivity index (χ2v) is 11.0. The third-order valence-electron chi connectivity index (χ3n) is 8.21. The lowest BCUT2D eigenvalue weighted by atomic mass is 10.0. The fourth-order valence-corrected chi connectivity index (χ4v) is 6.00. The highest BCUT2D eigenvalue weighted by molar-refractivity contribution is 5.94. The Morgan fingerprint density at radius 1 is 0.977 bits per heavy atom. The lowest BCUT2D eigenvalue weighted by molar-refractivity contribution is 0.0767. The highest BCUT2D eigenvalue weighted by Gasteiger charge is 2.34. The van der Waals surface area contributed by atoms with Crippen LogP contribution in [0.5, 0.6) is 6.01 Å². The number of hydrogen-bond acceptors (Lipinski definition) is 9. The molecule has 10 nitrogen and oxygen atoms in total. The number of fused-ring (bicyclic) bond motifs is 2. The van der Waals surface area contributed by atoms with Gasteiger partial charge >= 0.3 is 12.1 Å². The number of anilines is 2. The van der Waals surface area contributed by atoms with E-state index in [-0.39, 0.29) is 31.7 Å². The first-order valence-corrected chi connectivity index (χ1v) is 15.1. The summed E-state index contributed by atoms with van der Waals surface area (Å²) in [6.07, 6.45) is 0.981. The Morgan fingerprint density at radius 2 is 1.80 bits per heavy atom. The molecule has 6 rings (SSSR count). The van der Waals surface area contributed by atoms with E-state index >= 15 is 0 Å². The molecule has 0 radical (unpaired) electrons. The molecule has 1 N–H and O–H groups in total. The number of aliphatic hydroxyl groups excluding tert-OH is 1. The number of carbonyl (C=O) groups is 1. The maximum atomic E-state index is 13.1. The molecule has 2 aliphatic rings. The van der Waals surface area contributed by atoms with Gasteiger partial charge in [-0.3, -0.25) is 0 Å². The molecule has 10 heteroatoms. The number of rotatable bonds is 9. The van der Waals surface area contributed by atoms with E-state index in [0.29, 0.717) is 39.2 Å². The number of carbonyl (C=O) groups excluding carboxylic acids is 1. The molecule has 1 saturated heterocycles. The van der Waals surface area contributed by atoms with Crippen LogP contribution in [0.3, 0.4) is 0 Å². The molecule has 1 amide bonds. The largest absolute Gasteiger partial charge is 0.463 e. The van der Waals surface area contributed by atoms with E-state index in [9.17, 15) is 15.2 Å². The SMILES string of the molecule is N#CC[C@H]1CN(c2nc(OCCCO)nc3c2CCN(c2cccc4ccccc24)C3)CCN1C(=O)OCc1ccccc1. The molecule has 3 aromatic carbocycles. The topological polar surface area (TPSA) is 115 Å². The molecule has 0 saturated carbocycles. The number of piperazine rings is 1. The molecule has 1 aromatic heterocycles. The molecule has 1 fully saturated rings. The van der Waals surface area contributed by atoms with Crippen LogP contribution in [-0.4, -0.2) is 71.5 Å². The number of hydrogen-bond donors (Lipinski definition) is 1. The zero-order valence-corrected chi connectivity index (χ0v) is 24.6. The van der Waals surface area contributed by atoms with E-state index in [1.165, 1.54) is 10.8 Å². The predicted molar refractivity (Wildman–Crippen MR) is 167 cm³/mol. The van der Waals surface area contributed by atoms with Crippen molar-refractivity contribution in [2.24, 2.45) is 0 Å². The van der Waals surface area contributed by atoms with Crippen molar-refractivity contribution >= 4 is 28.4 Å². The maximum absolute atomic E-state index is 13.1. The number of nitrogens with zero attached hydrogens (tertiary/aromatic N) is 6. The third kappa shape index (κ3) is 6.38. The first-order valence-electron chi connectivity index (χ1n) is 15.1. The van der Waals surface area contributed by atoms with E-state index in [1.54, 1.807) is 4.90 Å². The average molecular weight is 593 g/mol. The van der Waals surface area contributed by atoms with E-state index in [1.807, 2.05) is 30.3 Å². The van der Waals surface area contributed by atoms with Crippen molar-refractivity contribution in [3.8, 4) is 12.1 Å². The Hall–Kier alpha value is -4.88. The Labute approximate surface area is 257 Å². The molecule has 0 aliphatic carbocycles. The molecule has 0 spiro atoms. The summed E-state index contributed by atoms with van der Waals surface area (Å²) < 4.78 is 11.5. The van der Waals surface area contributed by atoms with Crippen molar-refractivity contribution in [2.45, 2.75) is 38.5 Å². The monoisotopic (exact) mass is 592 g/mol. The van der Waals surface area contributed by atoms with Gasteiger partial charge in [0.05, 0.1) is 37.4 Å². The van der Waals surface area contributed by atoms with Gasteiger partial charge in [0.1, 0.15) is 12.4 Å². The van der Waals surface area contributed by atoms with Crippen LogP contribution in [0.4, 0.5) is 16.3 Å². The number of amides is 1. The number of aromatic nitrogens is 2. The molecule has 44 heavy (non-hydrogen) atoms. The minimum absolute atomic E-state index is 0.0187. The summed E-state index contributed by atoms with van der Waals surface area (Å²) in [5.74, 6) is 0.784. The van der Waals surface area contributed by atoms with Gasteiger partial charge in [-0.1, -0.05) is 66.7 Å². The number of nitriles is 1. The number of aliphatic hydroxyl groups is 1. The number of benzene rings is 3. The fourth-order valence-electron chi connectivity index (χ4n) is 6.00. The van der Waals surface area contributed by atoms with Crippen LogP contribution < -0.4 is 14.5 Å². The summed E-state index contributed by atoms with van der Waals surface area (Å²) in [6.45, 7) is 3.29. The normalized spacial score (nSPS) is 16.4. The quantitative estimate of drug-likeness (QED) is 0.276. The van der Waals surface area contributed by atoms with Crippen molar-refractivity contribution in [1.29, 1.82) is 5.26 Å². The summed E-state index contributed by atoms with van der Waals surface area (Å²) >= 11 is 0. The minimum Gasteiger partial charge on any atom is -0.463 e. The molecular formula is C34H36N6O4. The van der Waals surface area contributed by atoms with Gasteiger partial charge in [0.2, 0.25) is 0 Å². The zero-order chi connectivity index (χ0) is 30.3. The van der Waals surface area contributed by atoms with Gasteiger partial charge in [-0.2, -0.15) is 15.2 Å². The molecule has 3 heterocycles. The van der Waals surface area contributed by atoms with Crippen LogP contribution in [0.2, 0.25) is 0 Å². The van der Waals surface area contributed by atoms with Gasteiger partial charge in [0.25, 0.3) is 0 Å². The van der Waals surface area contributed by atoms with Crippen LogP contribution >= 0.6 is 0 Å². The molecule has 0 bridgehead atoms. The van der Waals surface area contributed by atoms with Gasteiger partial charge in [-0.05, 0) is 23.4 Å². The van der Waals surface area contributed by atoms with Crippen LogP contribution in [-0.2, 0) is 24.3 Å². The smallest absolute Gasteiger partial charge is 0.410 e. The summed E-state index contributed by atoms with van der Waals surface area (Å²) in [5.41, 5.74) is 4.03. The van der Waals surface area contributed by atoms with E-state index in [0.717, 1.165) is 41.3 Å². The second kappa shape index (κ2) is 13.6. The van der Waals surface area contributed by atoms with E-state index < -0.39 is 6.09 Å². The first kappa shape index (κ1) is 29.2. The number of ether oxygens (including phenoxy) is 2. The molecule has 4 aromatic rings. The Balaban J connectivity index is 1.25. The molecule has 226 valence electrons. The summed E-state index contributed by atoms with van der Waals surface area (Å²) in [5, 5.41) is 21.3. The summed E-state index contributed by atoms with van der Waals surface area (Å²) in [7, 11) is 0. The standard InChI is InChI=1S/C34H36N6O4/c35-16-14-27-22-39(18-19-40(27)34(42)44-24-25-8-2-1-3-9-25)32-29-15-17-38(23-30(29)36-33(37-32)43-21-7-20-41)31-13-6-11-26-10-4-5-12-28(26)31/h1-6,8-13,27,41H,7,14-15,17-24H2/t27-/m0/s1. The zero-order valence-electron chi connectivity index (χ0n) is 24.6. The molecule has 2 aliphatic heterocycles. The van der Waals surface area contributed by atoms with Gasteiger partial charge in [0, 0.05) is 55.8 Å². The van der Waals surface area contributed by atoms with Gasteiger partial charge in [0.15, 0.2) is 0 Å². The van der Waals surface area contributed by atoms with Crippen molar-refractivity contribution in [3.63, 3.8) is 0 Å². The highest BCUT2D eigenvalue weighted by Crippen LogP contribution is 2.35. The lowest BCUT2D eigenvalue weighted by Crippen LogP contribution is -2.55. The average Bonchev–Trinajstić information content (AvgIpc) is 3.07. The summed E-state index contributed by atoms with van der Waals surface area (Å²) in [6, 6.07) is 26.5. The minimum atomic E-state index is -0.419. The van der Waals surface area contributed by atoms with Crippen LogP contribution in [0, 0.1) is 11.3 Å². The van der Waals surface area contributed by atoms with Crippen LogP contribution in [0.15, 0.2) is 72.8 Å². The van der Waals surface area contributed by atoms with Crippen molar-refractivity contribution in [2.75, 3.05) is 49.2 Å². The van der Waals surface area contributed by atoms with Crippen LogP contribution in [0.1, 0.15) is 29.7 Å². The fraction of sp³-hybridized carbons (Fsp3) is 0.353. The van der Waals surface area contributed by atoms with Crippen molar-refractivity contribution in [3.05, 3.63) is 89.6 Å². The maximum Gasteiger partial charge on any atom is 0.410 e. The Morgan fingerprint density at radius 3 is 2.64 bits per heavy atom. The van der Waals surface area contributed by atoms with Crippen molar-refractivity contribution < 1.29 is 19.4 Å². The highest BCUT2D eigenvalue weighted by atomic mass is 16.6. The summed E-state index contributed by atoms with van der Waals surface area (Å²) in [4.78, 5) is 28.9. The third-order valence-corrected chi connectivity index (χ3v) is 8.21. The van der Waals surface area contributed by atoms with E-state index in [4.69, 9.17) is 19.4 Å². The van der Waals surface area contributed by atoms with Crippen LogP contribution in [0.25, 0.3) is 10.8 Å². The van der Waals surface area contributed by atoms with E-state index in [2.05, 4.69) is 58.3 Å². The van der Waals surface area contributed by atoms with Gasteiger partial charge in [-0.15, -0.1) is 0 Å². The second-order valence-electron chi connectivity index (χ2n) is 11.0. The lowest BCUT2D eigenvalue weighted by Gasteiger charge is -2.42.